The third-order valence-corrected chi connectivity index (χ3v) is 5.17. The predicted molar refractivity (Wildman–Crippen MR) is 83.1 cm³/mol. The molecule has 0 spiro atoms. The van der Waals surface area contributed by atoms with E-state index in [0.29, 0.717) is 16.7 Å². The first-order valence-corrected chi connectivity index (χ1v) is 8.21. The summed E-state index contributed by atoms with van der Waals surface area (Å²) in [6.07, 6.45) is 6.66. The Morgan fingerprint density at radius 1 is 1.40 bits per heavy atom. The quantitative estimate of drug-likeness (QED) is 0.910. The summed E-state index contributed by atoms with van der Waals surface area (Å²) < 4.78 is 0.716. The molecule has 4 nitrogen and oxygen atoms in total. The van der Waals surface area contributed by atoms with Crippen LogP contribution in [0.3, 0.4) is 0 Å². The lowest BCUT2D eigenvalue weighted by molar-refractivity contribution is 0.207. The molecule has 0 radical (unpaired) electrons. The molecular formula is C15H21N3OS. The van der Waals surface area contributed by atoms with Gasteiger partial charge in [-0.2, -0.15) is 0 Å². The molecule has 0 bridgehead atoms. The lowest BCUT2D eigenvalue weighted by atomic mass is 9.76. The van der Waals surface area contributed by atoms with Crippen molar-refractivity contribution in [1.82, 2.24) is 15.3 Å². The van der Waals surface area contributed by atoms with E-state index in [9.17, 15) is 4.79 Å². The summed E-state index contributed by atoms with van der Waals surface area (Å²) in [6.45, 7) is 3.99. The second-order valence-corrected chi connectivity index (χ2v) is 7.04. The molecule has 2 aromatic heterocycles. The molecule has 0 unspecified atom stereocenters. The number of rotatable bonds is 4. The van der Waals surface area contributed by atoms with Crippen molar-refractivity contribution in [2.75, 3.05) is 6.54 Å². The van der Waals surface area contributed by atoms with Crippen LogP contribution in [-0.4, -0.2) is 16.5 Å². The third-order valence-electron chi connectivity index (χ3n) is 4.27. The first-order chi connectivity index (χ1) is 9.66. The fourth-order valence-electron chi connectivity index (χ4n) is 3.07. The van der Waals surface area contributed by atoms with Crippen LogP contribution in [0, 0.1) is 5.41 Å². The molecule has 5 heteroatoms. The lowest BCUT2D eigenvalue weighted by Gasteiger charge is -2.33. The Hall–Kier alpha value is -1.20. The molecule has 20 heavy (non-hydrogen) atoms. The zero-order valence-corrected chi connectivity index (χ0v) is 12.7. The molecular weight excluding hydrogens is 270 g/mol. The van der Waals surface area contributed by atoms with E-state index in [4.69, 9.17) is 0 Å². The van der Waals surface area contributed by atoms with E-state index in [1.807, 2.05) is 11.4 Å². The summed E-state index contributed by atoms with van der Waals surface area (Å²) >= 11 is 1.44. The topological polar surface area (TPSA) is 57.8 Å². The summed E-state index contributed by atoms with van der Waals surface area (Å²) in [5, 5.41) is 5.38. The predicted octanol–water partition coefficient (Wildman–Crippen LogP) is 3.04. The van der Waals surface area contributed by atoms with Gasteiger partial charge < -0.3 is 10.3 Å². The van der Waals surface area contributed by atoms with Crippen LogP contribution in [0.1, 0.15) is 44.9 Å². The van der Waals surface area contributed by atoms with Gasteiger partial charge in [-0.15, -0.1) is 11.3 Å². The van der Waals surface area contributed by atoms with Crippen LogP contribution in [0.15, 0.2) is 16.2 Å². The highest BCUT2D eigenvalue weighted by Crippen LogP contribution is 2.34. The van der Waals surface area contributed by atoms with Crippen molar-refractivity contribution in [2.45, 2.75) is 45.6 Å². The Morgan fingerprint density at radius 3 is 3.00 bits per heavy atom. The average Bonchev–Trinajstić information content (AvgIpc) is 2.88. The minimum atomic E-state index is -0.0225. The van der Waals surface area contributed by atoms with E-state index in [1.54, 1.807) is 0 Å². The van der Waals surface area contributed by atoms with E-state index in [-0.39, 0.29) is 5.56 Å². The molecule has 1 aliphatic carbocycles. The second-order valence-electron chi connectivity index (χ2n) is 6.12. The fraction of sp³-hybridized carbons (Fsp3) is 0.600. The van der Waals surface area contributed by atoms with Gasteiger partial charge >= 0.3 is 0 Å². The molecule has 3 rings (SSSR count). The molecule has 0 aromatic carbocycles. The van der Waals surface area contributed by atoms with Gasteiger partial charge in [-0.3, -0.25) is 4.79 Å². The zero-order valence-electron chi connectivity index (χ0n) is 11.9. The first-order valence-electron chi connectivity index (χ1n) is 7.33. The maximum Gasteiger partial charge on any atom is 0.268 e. The van der Waals surface area contributed by atoms with Crippen LogP contribution in [0.4, 0.5) is 0 Å². The van der Waals surface area contributed by atoms with Crippen molar-refractivity contribution in [3.63, 3.8) is 0 Å². The number of thiophene rings is 1. The van der Waals surface area contributed by atoms with Gasteiger partial charge in [0.05, 0.1) is 12.1 Å². The van der Waals surface area contributed by atoms with E-state index >= 15 is 0 Å². The van der Waals surface area contributed by atoms with Crippen molar-refractivity contribution in [3.8, 4) is 0 Å². The van der Waals surface area contributed by atoms with Gasteiger partial charge in [-0.25, -0.2) is 4.98 Å². The van der Waals surface area contributed by atoms with E-state index in [0.717, 1.165) is 17.9 Å². The number of fused-ring (bicyclic) bond motifs is 1. The molecule has 1 fully saturated rings. The molecule has 0 atom stereocenters. The SMILES string of the molecule is CC1(CNCc2nc3ccsc3c(=O)[nH]2)CCCCC1. The van der Waals surface area contributed by atoms with Crippen LogP contribution >= 0.6 is 11.3 Å². The van der Waals surface area contributed by atoms with Crippen molar-refractivity contribution in [3.05, 3.63) is 27.6 Å². The third kappa shape index (κ3) is 2.94. The highest BCUT2D eigenvalue weighted by Gasteiger charge is 2.26. The summed E-state index contributed by atoms with van der Waals surface area (Å²) in [5.74, 6) is 0.736. The van der Waals surface area contributed by atoms with Crippen LogP contribution in [-0.2, 0) is 6.54 Å². The largest absolute Gasteiger partial charge is 0.309 e. The number of hydrogen-bond acceptors (Lipinski definition) is 4. The minimum absolute atomic E-state index is 0.0225. The maximum atomic E-state index is 11.9. The summed E-state index contributed by atoms with van der Waals surface area (Å²) in [7, 11) is 0. The molecule has 108 valence electrons. The van der Waals surface area contributed by atoms with Gasteiger partial charge in [0.1, 0.15) is 10.5 Å². The van der Waals surface area contributed by atoms with E-state index in [1.165, 1.54) is 43.4 Å². The Morgan fingerprint density at radius 2 is 2.20 bits per heavy atom. The Labute approximate surface area is 122 Å². The summed E-state index contributed by atoms with van der Waals surface area (Å²) in [5.41, 5.74) is 1.19. The molecule has 2 N–H and O–H groups in total. The van der Waals surface area contributed by atoms with Crippen LogP contribution in [0.5, 0.6) is 0 Å². The van der Waals surface area contributed by atoms with E-state index in [2.05, 4.69) is 22.2 Å². The number of hydrogen-bond donors (Lipinski definition) is 2. The van der Waals surface area contributed by atoms with Gasteiger partial charge in [-0.05, 0) is 29.7 Å². The number of nitrogens with zero attached hydrogens (tertiary/aromatic N) is 1. The Bertz CT molecular complexity index is 640. The van der Waals surface area contributed by atoms with Crippen LogP contribution < -0.4 is 10.9 Å². The number of aromatic amines is 1. The summed E-state index contributed by atoms with van der Waals surface area (Å²) in [6, 6.07) is 1.90. The van der Waals surface area contributed by atoms with E-state index < -0.39 is 0 Å². The van der Waals surface area contributed by atoms with Crippen molar-refractivity contribution in [1.29, 1.82) is 0 Å². The molecule has 0 saturated heterocycles. The zero-order chi connectivity index (χ0) is 14.0. The lowest BCUT2D eigenvalue weighted by Crippen LogP contribution is -2.34. The van der Waals surface area contributed by atoms with Crippen molar-refractivity contribution >= 4 is 21.6 Å². The summed E-state index contributed by atoms with van der Waals surface area (Å²) in [4.78, 5) is 19.2. The standard InChI is InChI=1S/C15H21N3OS/c1-15(6-3-2-4-7-15)10-16-9-12-17-11-5-8-20-13(11)14(19)18-12/h5,8,16H,2-4,6-7,9-10H2,1H3,(H,17,18,19). The van der Waals surface area contributed by atoms with Gasteiger partial charge in [-0.1, -0.05) is 26.2 Å². The average molecular weight is 291 g/mol. The normalized spacial score (nSPS) is 18.4. The highest BCUT2D eigenvalue weighted by molar-refractivity contribution is 7.17. The Kier molecular flexibility index (Phi) is 3.89. The fourth-order valence-corrected chi connectivity index (χ4v) is 3.80. The number of H-pyrrole nitrogens is 1. The van der Waals surface area contributed by atoms with Crippen molar-refractivity contribution in [2.24, 2.45) is 5.41 Å². The van der Waals surface area contributed by atoms with Crippen LogP contribution in [0.2, 0.25) is 0 Å². The van der Waals surface area contributed by atoms with Gasteiger partial charge in [0.25, 0.3) is 5.56 Å². The highest BCUT2D eigenvalue weighted by atomic mass is 32.1. The molecule has 0 amide bonds. The molecule has 1 saturated carbocycles. The van der Waals surface area contributed by atoms with Gasteiger partial charge in [0, 0.05) is 6.54 Å². The monoisotopic (exact) mass is 291 g/mol. The maximum absolute atomic E-state index is 11.9. The van der Waals surface area contributed by atoms with Crippen molar-refractivity contribution < 1.29 is 0 Å². The molecule has 2 aromatic rings. The van der Waals surface area contributed by atoms with Gasteiger partial charge in [0.2, 0.25) is 0 Å². The molecule has 2 heterocycles. The smallest absolute Gasteiger partial charge is 0.268 e. The van der Waals surface area contributed by atoms with Gasteiger partial charge in [0.15, 0.2) is 0 Å². The Balaban J connectivity index is 1.63. The van der Waals surface area contributed by atoms with Crippen LogP contribution in [0.25, 0.3) is 10.2 Å². The minimum Gasteiger partial charge on any atom is -0.309 e. The molecule has 0 aliphatic heterocycles. The first kappa shape index (κ1) is 13.8. The molecule has 1 aliphatic rings. The number of aromatic nitrogens is 2. The second kappa shape index (κ2) is 5.66. The number of nitrogens with one attached hydrogen (secondary N) is 2.